The van der Waals surface area contributed by atoms with Crippen molar-refractivity contribution in [3.8, 4) is 0 Å². The monoisotopic (exact) mass is 357 g/mol. The Hall–Kier alpha value is -1.14. The van der Waals surface area contributed by atoms with E-state index >= 15 is 0 Å². The number of nitrogens with zero attached hydrogens (tertiary/aromatic N) is 1. The van der Waals surface area contributed by atoms with Crippen molar-refractivity contribution in [3.05, 3.63) is 50.7 Å². The van der Waals surface area contributed by atoms with Gasteiger partial charge in [0.25, 0.3) is 5.91 Å². The molecular weight excluding hydrogens is 350 g/mol. The second-order valence-electron chi connectivity index (χ2n) is 3.39. The smallest absolute Gasteiger partial charge is 0.252 e. The number of rotatable bonds is 3. The first-order chi connectivity index (χ1) is 8.16. The third-order valence-electron chi connectivity index (χ3n) is 2.17. The minimum Gasteiger partial charge on any atom is -0.346 e. The molecule has 4 nitrogen and oxygen atoms in total. The quantitative estimate of drug-likeness (QED) is 0.886. The molecule has 0 bridgehead atoms. The van der Waals surface area contributed by atoms with Crippen molar-refractivity contribution in [1.82, 2.24) is 15.5 Å². The number of carbonyl (C=O) groups is 1. The van der Waals surface area contributed by atoms with Crippen LogP contribution in [0.2, 0.25) is 0 Å². The molecule has 1 aromatic carbocycles. The Morgan fingerprint density at radius 1 is 1.35 bits per heavy atom. The summed E-state index contributed by atoms with van der Waals surface area (Å²) in [5, 5.41) is 9.40. The molecule has 6 heteroatoms. The Kier molecular flexibility index (Phi) is 3.96. The maximum absolute atomic E-state index is 11.9. The number of nitrogens with one attached hydrogen (secondary N) is 2. The molecule has 2 aromatic rings. The fourth-order valence-corrected chi connectivity index (χ4v) is 2.55. The lowest BCUT2D eigenvalue weighted by Crippen LogP contribution is -2.23. The van der Waals surface area contributed by atoms with Crippen LogP contribution in [0.1, 0.15) is 16.1 Å². The summed E-state index contributed by atoms with van der Waals surface area (Å²) in [5.74, 6) is -0.126. The van der Waals surface area contributed by atoms with Crippen molar-refractivity contribution in [3.63, 3.8) is 0 Å². The van der Waals surface area contributed by atoms with Gasteiger partial charge in [-0.3, -0.25) is 9.89 Å². The largest absolute Gasteiger partial charge is 0.346 e. The minimum absolute atomic E-state index is 0.126. The fraction of sp³-hybridized carbons (Fsp3) is 0.0909. The van der Waals surface area contributed by atoms with E-state index in [0.717, 1.165) is 14.6 Å². The molecule has 0 aliphatic carbocycles. The van der Waals surface area contributed by atoms with Crippen LogP contribution in [0.15, 0.2) is 39.4 Å². The summed E-state index contributed by atoms with van der Waals surface area (Å²) in [6, 6.07) is 7.24. The van der Waals surface area contributed by atoms with Gasteiger partial charge in [-0.2, -0.15) is 5.10 Å². The van der Waals surface area contributed by atoms with Crippen molar-refractivity contribution < 1.29 is 4.79 Å². The number of carbonyl (C=O) groups excluding carboxylic acids is 1. The topological polar surface area (TPSA) is 57.8 Å². The number of halogens is 2. The summed E-state index contributed by atoms with van der Waals surface area (Å²) in [6.45, 7) is 0.432. The van der Waals surface area contributed by atoms with E-state index in [9.17, 15) is 4.79 Å². The SMILES string of the molecule is O=C(NCc1ccn[nH]1)c1ccc(Br)cc1Br. The lowest BCUT2D eigenvalue weighted by Gasteiger charge is -2.06. The van der Waals surface area contributed by atoms with Crippen molar-refractivity contribution in [2.24, 2.45) is 0 Å². The van der Waals surface area contributed by atoms with Gasteiger partial charge in [0.1, 0.15) is 0 Å². The predicted octanol–water partition coefficient (Wildman–Crippen LogP) is 2.86. The molecule has 0 unspecified atom stereocenters. The van der Waals surface area contributed by atoms with E-state index in [-0.39, 0.29) is 5.91 Å². The zero-order valence-electron chi connectivity index (χ0n) is 8.71. The molecule has 2 rings (SSSR count). The van der Waals surface area contributed by atoms with Crippen LogP contribution in [0, 0.1) is 0 Å². The highest BCUT2D eigenvalue weighted by atomic mass is 79.9. The molecule has 1 aromatic heterocycles. The number of benzene rings is 1. The van der Waals surface area contributed by atoms with E-state index < -0.39 is 0 Å². The van der Waals surface area contributed by atoms with Gasteiger partial charge >= 0.3 is 0 Å². The van der Waals surface area contributed by atoms with Crippen LogP contribution in [0.4, 0.5) is 0 Å². The number of aromatic amines is 1. The van der Waals surface area contributed by atoms with E-state index in [1.54, 1.807) is 12.3 Å². The van der Waals surface area contributed by atoms with Crippen LogP contribution in [0.25, 0.3) is 0 Å². The zero-order valence-corrected chi connectivity index (χ0v) is 11.9. The molecule has 0 spiro atoms. The van der Waals surface area contributed by atoms with Gasteiger partial charge < -0.3 is 5.32 Å². The van der Waals surface area contributed by atoms with E-state index in [1.165, 1.54) is 0 Å². The lowest BCUT2D eigenvalue weighted by atomic mass is 10.2. The first kappa shape index (κ1) is 12.3. The summed E-state index contributed by atoms with van der Waals surface area (Å²) in [7, 11) is 0. The van der Waals surface area contributed by atoms with Gasteiger partial charge in [0.15, 0.2) is 0 Å². The Morgan fingerprint density at radius 2 is 2.18 bits per heavy atom. The van der Waals surface area contributed by atoms with Crippen LogP contribution in [0.3, 0.4) is 0 Å². The Balaban J connectivity index is 2.04. The summed E-state index contributed by atoms with van der Waals surface area (Å²) in [5.41, 5.74) is 1.47. The van der Waals surface area contributed by atoms with E-state index in [2.05, 4.69) is 47.4 Å². The lowest BCUT2D eigenvalue weighted by molar-refractivity contribution is 0.0949. The molecule has 2 N–H and O–H groups in total. The average Bonchev–Trinajstić information content (AvgIpc) is 2.78. The highest BCUT2D eigenvalue weighted by molar-refractivity contribution is 9.11. The maximum Gasteiger partial charge on any atom is 0.252 e. The van der Waals surface area contributed by atoms with Gasteiger partial charge in [-0.15, -0.1) is 0 Å². The normalized spacial score (nSPS) is 10.2. The molecule has 0 atom stereocenters. The molecule has 1 amide bonds. The predicted molar refractivity (Wildman–Crippen MR) is 71.6 cm³/mol. The van der Waals surface area contributed by atoms with Gasteiger partial charge in [-0.1, -0.05) is 15.9 Å². The molecule has 0 radical (unpaired) electrons. The average molecular weight is 359 g/mol. The third kappa shape index (κ3) is 3.17. The first-order valence-corrected chi connectivity index (χ1v) is 6.47. The molecule has 0 saturated carbocycles. The van der Waals surface area contributed by atoms with E-state index in [1.807, 2.05) is 18.2 Å². The van der Waals surface area contributed by atoms with Gasteiger partial charge in [0.05, 0.1) is 17.8 Å². The van der Waals surface area contributed by atoms with E-state index in [0.29, 0.717) is 12.1 Å². The number of aromatic nitrogens is 2. The Labute approximate surface area is 115 Å². The fourth-order valence-electron chi connectivity index (χ4n) is 1.33. The van der Waals surface area contributed by atoms with Crippen molar-refractivity contribution >= 4 is 37.8 Å². The van der Waals surface area contributed by atoms with Crippen molar-refractivity contribution in [1.29, 1.82) is 0 Å². The standard InChI is InChI=1S/C11H9Br2N3O/c12-7-1-2-9(10(13)5-7)11(17)14-6-8-3-4-15-16-8/h1-5H,6H2,(H,14,17)(H,15,16). The highest BCUT2D eigenvalue weighted by Gasteiger charge is 2.09. The van der Waals surface area contributed by atoms with E-state index in [4.69, 9.17) is 0 Å². The highest BCUT2D eigenvalue weighted by Crippen LogP contribution is 2.21. The van der Waals surface area contributed by atoms with Crippen molar-refractivity contribution in [2.45, 2.75) is 6.54 Å². The van der Waals surface area contributed by atoms with Gasteiger partial charge in [0, 0.05) is 15.1 Å². The minimum atomic E-state index is -0.126. The van der Waals surface area contributed by atoms with Gasteiger partial charge in [0.2, 0.25) is 0 Å². The van der Waals surface area contributed by atoms with Crippen LogP contribution in [-0.4, -0.2) is 16.1 Å². The number of hydrogen-bond acceptors (Lipinski definition) is 2. The van der Waals surface area contributed by atoms with Crippen LogP contribution in [0.5, 0.6) is 0 Å². The summed E-state index contributed by atoms with van der Waals surface area (Å²) in [6.07, 6.45) is 1.65. The second kappa shape index (κ2) is 5.46. The van der Waals surface area contributed by atoms with Crippen LogP contribution in [-0.2, 0) is 6.54 Å². The molecule has 0 aliphatic heterocycles. The Morgan fingerprint density at radius 3 is 2.82 bits per heavy atom. The molecule has 0 fully saturated rings. The van der Waals surface area contributed by atoms with Crippen molar-refractivity contribution in [2.75, 3.05) is 0 Å². The van der Waals surface area contributed by atoms with Gasteiger partial charge in [-0.25, -0.2) is 0 Å². The van der Waals surface area contributed by atoms with Gasteiger partial charge in [-0.05, 0) is 40.2 Å². The first-order valence-electron chi connectivity index (χ1n) is 4.88. The summed E-state index contributed by atoms with van der Waals surface area (Å²) in [4.78, 5) is 11.9. The summed E-state index contributed by atoms with van der Waals surface area (Å²) < 4.78 is 1.68. The zero-order chi connectivity index (χ0) is 12.3. The maximum atomic E-state index is 11.9. The summed E-state index contributed by atoms with van der Waals surface area (Å²) >= 11 is 6.70. The van der Waals surface area contributed by atoms with Crippen LogP contribution >= 0.6 is 31.9 Å². The second-order valence-corrected chi connectivity index (χ2v) is 5.16. The molecule has 17 heavy (non-hydrogen) atoms. The molecule has 88 valence electrons. The third-order valence-corrected chi connectivity index (χ3v) is 3.32. The molecule has 1 heterocycles. The molecule has 0 saturated heterocycles. The number of hydrogen-bond donors (Lipinski definition) is 2. The van der Waals surface area contributed by atoms with Crippen LogP contribution < -0.4 is 5.32 Å². The number of amides is 1. The number of H-pyrrole nitrogens is 1. The molecule has 0 aliphatic rings. The molecular formula is C11H9Br2N3O. The Bertz CT molecular complexity index is 526.